The molecule has 1 aromatic carbocycles. The van der Waals surface area contributed by atoms with Crippen LogP contribution in [0.15, 0.2) is 24.3 Å². The van der Waals surface area contributed by atoms with E-state index in [0.29, 0.717) is 24.3 Å². The molecular formula is C17H21N3O2. The SMILES string of the molecule is CC(C)(C)OC(=O)N1CC=C(c2ccc(C#N)c(N)c2)CC1. The van der Waals surface area contributed by atoms with Crippen molar-refractivity contribution in [3.05, 3.63) is 35.4 Å². The molecule has 0 fully saturated rings. The Morgan fingerprint density at radius 2 is 2.14 bits per heavy atom. The third-order valence-electron chi connectivity index (χ3n) is 3.40. The molecule has 22 heavy (non-hydrogen) atoms. The minimum atomic E-state index is -0.483. The van der Waals surface area contributed by atoms with Crippen LogP contribution >= 0.6 is 0 Å². The summed E-state index contributed by atoms with van der Waals surface area (Å²) in [5, 5.41) is 8.91. The van der Waals surface area contributed by atoms with Crippen LogP contribution in [0, 0.1) is 11.3 Å². The van der Waals surface area contributed by atoms with Gasteiger partial charge in [0, 0.05) is 13.1 Å². The maximum atomic E-state index is 12.0. The summed E-state index contributed by atoms with van der Waals surface area (Å²) in [5.41, 5.74) is 8.47. The molecule has 5 heteroatoms. The summed E-state index contributed by atoms with van der Waals surface area (Å²) in [6.45, 7) is 6.70. The standard InChI is InChI=1S/C17H21N3O2/c1-17(2,3)22-16(21)20-8-6-12(7-9-20)13-4-5-14(11-18)15(19)10-13/h4-6,10H,7-9,19H2,1-3H3. The maximum Gasteiger partial charge on any atom is 0.410 e. The summed E-state index contributed by atoms with van der Waals surface area (Å²) in [5.74, 6) is 0. The van der Waals surface area contributed by atoms with Gasteiger partial charge in [-0.1, -0.05) is 12.1 Å². The number of nitrogen functional groups attached to an aromatic ring is 1. The highest BCUT2D eigenvalue weighted by Crippen LogP contribution is 2.26. The number of hydrogen-bond acceptors (Lipinski definition) is 4. The van der Waals surface area contributed by atoms with Crippen molar-refractivity contribution in [3.63, 3.8) is 0 Å². The Kier molecular flexibility index (Phi) is 4.41. The molecule has 1 aromatic rings. The van der Waals surface area contributed by atoms with E-state index in [1.807, 2.05) is 39.0 Å². The highest BCUT2D eigenvalue weighted by molar-refractivity contribution is 5.74. The lowest BCUT2D eigenvalue weighted by Gasteiger charge is -2.29. The number of carbonyl (C=O) groups is 1. The summed E-state index contributed by atoms with van der Waals surface area (Å²) < 4.78 is 5.37. The van der Waals surface area contributed by atoms with Crippen molar-refractivity contribution in [2.75, 3.05) is 18.8 Å². The molecule has 0 aromatic heterocycles. The van der Waals surface area contributed by atoms with Crippen molar-refractivity contribution in [1.29, 1.82) is 5.26 Å². The summed E-state index contributed by atoms with van der Waals surface area (Å²) in [4.78, 5) is 13.7. The van der Waals surface area contributed by atoms with Gasteiger partial charge in [-0.25, -0.2) is 4.79 Å². The van der Waals surface area contributed by atoms with E-state index in [-0.39, 0.29) is 6.09 Å². The average Bonchev–Trinajstić information content (AvgIpc) is 2.45. The molecule has 1 aliphatic rings. The first-order valence-electron chi connectivity index (χ1n) is 7.27. The Hall–Kier alpha value is -2.48. The fourth-order valence-electron chi connectivity index (χ4n) is 2.29. The van der Waals surface area contributed by atoms with Gasteiger partial charge in [0.05, 0.1) is 11.3 Å². The van der Waals surface area contributed by atoms with Gasteiger partial charge in [0.25, 0.3) is 0 Å². The number of anilines is 1. The summed E-state index contributed by atoms with van der Waals surface area (Å²) >= 11 is 0. The second-order valence-corrected chi connectivity index (χ2v) is 6.32. The van der Waals surface area contributed by atoms with Crippen LogP contribution in [0.5, 0.6) is 0 Å². The number of rotatable bonds is 1. The third kappa shape index (κ3) is 3.79. The van der Waals surface area contributed by atoms with Gasteiger partial charge >= 0.3 is 6.09 Å². The van der Waals surface area contributed by atoms with Gasteiger partial charge in [-0.15, -0.1) is 0 Å². The van der Waals surface area contributed by atoms with Crippen LogP contribution in [0.2, 0.25) is 0 Å². The second kappa shape index (κ2) is 6.10. The zero-order valence-corrected chi connectivity index (χ0v) is 13.2. The highest BCUT2D eigenvalue weighted by Gasteiger charge is 2.23. The lowest BCUT2D eigenvalue weighted by atomic mass is 9.98. The van der Waals surface area contributed by atoms with Gasteiger partial charge in [-0.2, -0.15) is 5.26 Å². The molecule has 2 rings (SSSR count). The van der Waals surface area contributed by atoms with Crippen LogP contribution in [-0.2, 0) is 4.74 Å². The summed E-state index contributed by atoms with van der Waals surface area (Å²) in [7, 11) is 0. The van der Waals surface area contributed by atoms with Crippen LogP contribution in [0.4, 0.5) is 10.5 Å². The number of nitriles is 1. The van der Waals surface area contributed by atoms with Crippen LogP contribution < -0.4 is 5.73 Å². The minimum absolute atomic E-state index is 0.290. The van der Waals surface area contributed by atoms with Crippen LogP contribution in [0.1, 0.15) is 38.3 Å². The number of hydrogen-bond donors (Lipinski definition) is 1. The molecule has 116 valence electrons. The number of amides is 1. The van der Waals surface area contributed by atoms with Crippen LogP contribution in [-0.4, -0.2) is 29.7 Å². The van der Waals surface area contributed by atoms with Gasteiger partial charge < -0.3 is 15.4 Å². The Morgan fingerprint density at radius 1 is 1.41 bits per heavy atom. The molecular weight excluding hydrogens is 278 g/mol. The second-order valence-electron chi connectivity index (χ2n) is 6.32. The van der Waals surface area contributed by atoms with Crippen molar-refractivity contribution < 1.29 is 9.53 Å². The van der Waals surface area contributed by atoms with Gasteiger partial charge in [-0.05, 0) is 50.5 Å². The number of benzene rings is 1. The predicted molar refractivity (Wildman–Crippen MR) is 86.0 cm³/mol. The number of nitrogens with zero attached hydrogens (tertiary/aromatic N) is 2. The third-order valence-corrected chi connectivity index (χ3v) is 3.40. The monoisotopic (exact) mass is 299 g/mol. The molecule has 1 aliphatic heterocycles. The first-order valence-corrected chi connectivity index (χ1v) is 7.27. The predicted octanol–water partition coefficient (Wildman–Crippen LogP) is 3.16. The number of carbonyl (C=O) groups excluding carboxylic acids is 1. The first-order chi connectivity index (χ1) is 10.3. The van der Waals surface area contributed by atoms with E-state index < -0.39 is 5.60 Å². The molecule has 1 amide bonds. The first kappa shape index (κ1) is 15.9. The van der Waals surface area contributed by atoms with E-state index in [2.05, 4.69) is 6.07 Å². The molecule has 0 atom stereocenters. The lowest BCUT2D eigenvalue weighted by molar-refractivity contribution is 0.0270. The fraction of sp³-hybridized carbons (Fsp3) is 0.412. The zero-order chi connectivity index (χ0) is 16.3. The molecule has 0 radical (unpaired) electrons. The van der Waals surface area contributed by atoms with Crippen molar-refractivity contribution in [2.45, 2.75) is 32.8 Å². The van der Waals surface area contributed by atoms with Crippen LogP contribution in [0.3, 0.4) is 0 Å². The quantitative estimate of drug-likeness (QED) is 0.808. The molecule has 0 aliphatic carbocycles. The molecule has 0 saturated carbocycles. The molecule has 2 N–H and O–H groups in total. The van der Waals surface area contributed by atoms with Crippen LogP contribution in [0.25, 0.3) is 5.57 Å². The van der Waals surface area contributed by atoms with Crippen molar-refractivity contribution in [1.82, 2.24) is 4.90 Å². The normalized spacial score (nSPS) is 15.0. The van der Waals surface area contributed by atoms with Crippen molar-refractivity contribution in [2.24, 2.45) is 0 Å². The van der Waals surface area contributed by atoms with E-state index >= 15 is 0 Å². The van der Waals surface area contributed by atoms with Gasteiger partial charge in [-0.3, -0.25) is 0 Å². The molecule has 0 saturated heterocycles. The van der Waals surface area contributed by atoms with E-state index in [1.54, 1.807) is 11.0 Å². The highest BCUT2D eigenvalue weighted by atomic mass is 16.6. The van der Waals surface area contributed by atoms with E-state index in [4.69, 9.17) is 15.7 Å². The summed E-state index contributed by atoms with van der Waals surface area (Å²) in [6, 6.07) is 7.49. The Labute approximate surface area is 131 Å². The number of nitrogens with two attached hydrogens (primary N) is 1. The molecule has 5 nitrogen and oxygen atoms in total. The van der Waals surface area contributed by atoms with E-state index in [9.17, 15) is 4.79 Å². The van der Waals surface area contributed by atoms with E-state index in [0.717, 1.165) is 17.6 Å². The number of ether oxygens (including phenoxy) is 1. The Balaban J connectivity index is 2.07. The molecule has 1 heterocycles. The maximum absolute atomic E-state index is 12.0. The smallest absolute Gasteiger partial charge is 0.410 e. The molecule has 0 unspecified atom stereocenters. The largest absolute Gasteiger partial charge is 0.444 e. The minimum Gasteiger partial charge on any atom is -0.444 e. The molecule has 0 spiro atoms. The van der Waals surface area contributed by atoms with Crippen molar-refractivity contribution >= 4 is 17.4 Å². The Morgan fingerprint density at radius 3 is 2.64 bits per heavy atom. The lowest BCUT2D eigenvalue weighted by Crippen LogP contribution is -2.39. The zero-order valence-electron chi connectivity index (χ0n) is 13.2. The molecule has 0 bridgehead atoms. The fourth-order valence-corrected chi connectivity index (χ4v) is 2.29. The topological polar surface area (TPSA) is 79.3 Å². The van der Waals surface area contributed by atoms with Gasteiger partial charge in [0.1, 0.15) is 11.7 Å². The summed E-state index contributed by atoms with van der Waals surface area (Å²) in [6.07, 6.45) is 2.46. The van der Waals surface area contributed by atoms with Crippen molar-refractivity contribution in [3.8, 4) is 6.07 Å². The Bertz CT molecular complexity index is 651. The van der Waals surface area contributed by atoms with Gasteiger partial charge in [0.15, 0.2) is 0 Å². The van der Waals surface area contributed by atoms with Gasteiger partial charge in [0.2, 0.25) is 0 Å². The van der Waals surface area contributed by atoms with E-state index in [1.165, 1.54) is 0 Å². The average molecular weight is 299 g/mol.